The third kappa shape index (κ3) is 2.71. The molecule has 2 nitrogen and oxygen atoms in total. The van der Waals surface area contributed by atoms with Gasteiger partial charge in [0.25, 0.3) is 0 Å². The lowest BCUT2D eigenvalue weighted by Crippen LogP contribution is -2.39. The predicted octanol–water partition coefficient (Wildman–Crippen LogP) is 2.32. The number of hydrogen-bond acceptors (Lipinski definition) is 2. The van der Waals surface area contributed by atoms with E-state index in [1.807, 2.05) is 0 Å². The van der Waals surface area contributed by atoms with Crippen molar-refractivity contribution in [2.45, 2.75) is 51.0 Å². The quantitative estimate of drug-likeness (QED) is 0.737. The highest BCUT2D eigenvalue weighted by Gasteiger charge is 2.26. The minimum Gasteiger partial charge on any atom is -0.381 e. The van der Waals surface area contributed by atoms with Crippen LogP contribution in [-0.2, 0) is 4.74 Å². The van der Waals surface area contributed by atoms with Crippen molar-refractivity contribution in [2.24, 2.45) is 17.6 Å². The van der Waals surface area contributed by atoms with Crippen molar-refractivity contribution in [2.75, 3.05) is 13.2 Å². The van der Waals surface area contributed by atoms with Gasteiger partial charge in [-0.2, -0.15) is 0 Å². The zero-order valence-corrected chi connectivity index (χ0v) is 9.08. The number of ether oxygens (including phenoxy) is 1. The normalized spacial score (nSPS) is 35.8. The van der Waals surface area contributed by atoms with Crippen LogP contribution >= 0.6 is 0 Å². The van der Waals surface area contributed by atoms with Gasteiger partial charge in [0.1, 0.15) is 0 Å². The Kier molecular flexibility index (Phi) is 3.82. The Labute approximate surface area is 87.2 Å². The molecule has 1 heterocycles. The maximum Gasteiger partial charge on any atom is 0.0509 e. The van der Waals surface area contributed by atoms with E-state index in [9.17, 15) is 0 Å². The maximum atomic E-state index is 6.12. The second-order valence-electron chi connectivity index (χ2n) is 5.03. The van der Waals surface area contributed by atoms with Crippen LogP contribution in [0.2, 0.25) is 0 Å². The molecular formula is C12H23NO. The van der Waals surface area contributed by atoms with Crippen molar-refractivity contribution in [3.05, 3.63) is 0 Å². The van der Waals surface area contributed by atoms with E-state index in [0.717, 1.165) is 25.6 Å². The molecule has 82 valence electrons. The van der Waals surface area contributed by atoms with Crippen LogP contribution in [0.15, 0.2) is 0 Å². The maximum absolute atomic E-state index is 6.12. The molecule has 2 atom stereocenters. The summed E-state index contributed by atoms with van der Waals surface area (Å²) in [6.07, 6.45) is 9.58. The fourth-order valence-corrected chi connectivity index (χ4v) is 2.91. The van der Waals surface area contributed by atoms with E-state index in [4.69, 9.17) is 10.5 Å². The fraction of sp³-hybridized carbons (Fsp3) is 1.00. The summed E-state index contributed by atoms with van der Waals surface area (Å²) in [4.78, 5) is 0. The first kappa shape index (κ1) is 10.4. The molecule has 0 aromatic carbocycles. The molecule has 2 heteroatoms. The Balaban J connectivity index is 1.76. The molecule has 0 bridgehead atoms. The fourth-order valence-electron chi connectivity index (χ4n) is 2.91. The van der Waals surface area contributed by atoms with E-state index >= 15 is 0 Å². The van der Waals surface area contributed by atoms with Crippen molar-refractivity contribution in [1.29, 1.82) is 0 Å². The van der Waals surface area contributed by atoms with Crippen LogP contribution < -0.4 is 5.73 Å². The molecule has 0 spiro atoms. The van der Waals surface area contributed by atoms with Gasteiger partial charge in [0.15, 0.2) is 0 Å². The van der Waals surface area contributed by atoms with Crippen molar-refractivity contribution < 1.29 is 4.74 Å². The topological polar surface area (TPSA) is 35.2 Å². The zero-order chi connectivity index (χ0) is 9.80. The molecule has 1 aliphatic heterocycles. The molecule has 14 heavy (non-hydrogen) atoms. The lowest BCUT2D eigenvalue weighted by Gasteiger charge is -2.32. The van der Waals surface area contributed by atoms with E-state index in [2.05, 4.69) is 0 Å². The van der Waals surface area contributed by atoms with Gasteiger partial charge in [-0.15, -0.1) is 0 Å². The van der Waals surface area contributed by atoms with Crippen LogP contribution in [0.5, 0.6) is 0 Å². The molecule has 2 fully saturated rings. The van der Waals surface area contributed by atoms with Crippen molar-refractivity contribution >= 4 is 0 Å². The molecule has 0 radical (unpaired) electrons. The zero-order valence-electron chi connectivity index (χ0n) is 9.08. The van der Waals surface area contributed by atoms with Gasteiger partial charge >= 0.3 is 0 Å². The molecule has 1 aliphatic carbocycles. The molecule has 2 rings (SSSR count). The number of hydrogen-bond donors (Lipinski definition) is 1. The smallest absolute Gasteiger partial charge is 0.0509 e. The van der Waals surface area contributed by atoms with E-state index in [1.54, 1.807) is 0 Å². The van der Waals surface area contributed by atoms with Crippen LogP contribution in [0.4, 0.5) is 0 Å². The van der Waals surface area contributed by atoms with E-state index in [-0.39, 0.29) is 0 Å². The number of rotatable bonds is 2. The van der Waals surface area contributed by atoms with Gasteiger partial charge in [-0.05, 0) is 24.7 Å². The molecule has 1 saturated heterocycles. The molecule has 0 aromatic rings. The monoisotopic (exact) mass is 197 g/mol. The standard InChI is InChI=1S/C12H23NO/c13-12-6-7-14-9-11(12)8-10-4-2-1-3-5-10/h10-12H,1-9,13H2. The lowest BCUT2D eigenvalue weighted by molar-refractivity contribution is 0.0297. The van der Waals surface area contributed by atoms with E-state index in [0.29, 0.717) is 12.0 Å². The average Bonchev–Trinajstić information content (AvgIpc) is 2.23. The van der Waals surface area contributed by atoms with Gasteiger partial charge < -0.3 is 10.5 Å². The van der Waals surface area contributed by atoms with E-state index < -0.39 is 0 Å². The highest BCUT2D eigenvalue weighted by Crippen LogP contribution is 2.31. The highest BCUT2D eigenvalue weighted by atomic mass is 16.5. The van der Waals surface area contributed by atoms with Crippen LogP contribution in [0.3, 0.4) is 0 Å². The average molecular weight is 197 g/mol. The first-order valence-electron chi connectivity index (χ1n) is 6.19. The SMILES string of the molecule is NC1CCOCC1CC1CCCCC1. The third-order valence-corrected chi connectivity index (χ3v) is 3.89. The van der Waals surface area contributed by atoms with Crippen molar-refractivity contribution in [1.82, 2.24) is 0 Å². The van der Waals surface area contributed by atoms with Gasteiger partial charge in [-0.25, -0.2) is 0 Å². The van der Waals surface area contributed by atoms with Gasteiger partial charge in [0.05, 0.1) is 6.61 Å². The summed E-state index contributed by atoms with van der Waals surface area (Å²) >= 11 is 0. The Morgan fingerprint density at radius 3 is 2.57 bits per heavy atom. The summed E-state index contributed by atoms with van der Waals surface area (Å²) < 4.78 is 5.51. The van der Waals surface area contributed by atoms with Crippen molar-refractivity contribution in [3.8, 4) is 0 Å². The Bertz CT molecular complexity index is 166. The Morgan fingerprint density at radius 2 is 1.86 bits per heavy atom. The van der Waals surface area contributed by atoms with Gasteiger partial charge in [-0.1, -0.05) is 32.1 Å². The lowest BCUT2D eigenvalue weighted by atomic mass is 9.80. The van der Waals surface area contributed by atoms with Crippen LogP contribution in [0.1, 0.15) is 44.9 Å². The minimum atomic E-state index is 0.408. The summed E-state index contributed by atoms with van der Waals surface area (Å²) in [7, 11) is 0. The largest absolute Gasteiger partial charge is 0.381 e. The van der Waals surface area contributed by atoms with Gasteiger partial charge in [0.2, 0.25) is 0 Å². The summed E-state index contributed by atoms with van der Waals surface area (Å²) in [5.41, 5.74) is 6.12. The number of nitrogens with two attached hydrogens (primary N) is 1. The Morgan fingerprint density at radius 1 is 1.07 bits per heavy atom. The summed E-state index contributed by atoms with van der Waals surface area (Å²) in [6.45, 7) is 1.79. The Hall–Kier alpha value is -0.0800. The van der Waals surface area contributed by atoms with Crippen molar-refractivity contribution in [3.63, 3.8) is 0 Å². The first-order chi connectivity index (χ1) is 6.86. The molecule has 0 aromatic heterocycles. The highest BCUT2D eigenvalue weighted by molar-refractivity contribution is 4.80. The first-order valence-corrected chi connectivity index (χ1v) is 6.19. The second-order valence-corrected chi connectivity index (χ2v) is 5.03. The molecule has 0 amide bonds. The summed E-state index contributed by atoms with van der Waals surface area (Å²) in [6, 6.07) is 0.408. The summed E-state index contributed by atoms with van der Waals surface area (Å²) in [5, 5.41) is 0. The molecule has 1 saturated carbocycles. The molecule has 2 N–H and O–H groups in total. The second kappa shape index (κ2) is 5.13. The van der Waals surface area contributed by atoms with Gasteiger partial charge in [0, 0.05) is 12.6 Å². The van der Waals surface area contributed by atoms with Crippen LogP contribution in [0.25, 0.3) is 0 Å². The molecule has 2 aliphatic rings. The van der Waals surface area contributed by atoms with Gasteiger partial charge in [-0.3, -0.25) is 0 Å². The predicted molar refractivity (Wildman–Crippen MR) is 58.1 cm³/mol. The minimum absolute atomic E-state index is 0.408. The van der Waals surface area contributed by atoms with E-state index in [1.165, 1.54) is 38.5 Å². The van der Waals surface area contributed by atoms with Crippen LogP contribution in [0, 0.1) is 11.8 Å². The van der Waals surface area contributed by atoms with Crippen LogP contribution in [-0.4, -0.2) is 19.3 Å². The molecular weight excluding hydrogens is 174 g/mol. The summed E-state index contributed by atoms with van der Waals surface area (Å²) in [5.74, 6) is 1.59. The third-order valence-electron chi connectivity index (χ3n) is 3.89. The molecule has 2 unspecified atom stereocenters.